The predicted molar refractivity (Wildman–Crippen MR) is 84.9 cm³/mol. The van der Waals surface area contributed by atoms with Gasteiger partial charge in [-0.15, -0.1) is 0 Å². The number of nitrogens with one attached hydrogen (secondary N) is 1. The molecular weight excluding hydrogens is 355 g/mol. The van der Waals surface area contributed by atoms with Crippen molar-refractivity contribution in [2.45, 2.75) is 0 Å². The van der Waals surface area contributed by atoms with Crippen LogP contribution < -0.4 is 5.32 Å². The molecule has 0 aromatic heterocycles. The molecule has 0 aliphatic rings. The molecule has 112 valence electrons. The van der Waals surface area contributed by atoms with Gasteiger partial charge in [0.2, 0.25) is 5.91 Å². The average Bonchev–Trinajstić information content (AvgIpc) is 2.48. The van der Waals surface area contributed by atoms with Crippen molar-refractivity contribution in [3.05, 3.63) is 74.5 Å². The number of hydrogen-bond acceptors (Lipinski definition) is 3. The van der Waals surface area contributed by atoms with Gasteiger partial charge in [0.05, 0.1) is 10.6 Å². The second-order valence-corrected chi connectivity index (χ2v) is 5.15. The number of halogens is 2. The number of hydrogen-bond donors (Lipinski definition) is 1. The van der Waals surface area contributed by atoms with Gasteiger partial charge in [-0.3, -0.25) is 14.9 Å². The molecule has 0 unspecified atom stereocenters. The summed E-state index contributed by atoms with van der Waals surface area (Å²) >= 11 is 3.15. The summed E-state index contributed by atoms with van der Waals surface area (Å²) in [5.41, 5.74) is 1.08. The van der Waals surface area contributed by atoms with Crippen molar-refractivity contribution in [1.29, 1.82) is 0 Å². The first-order valence-electron chi connectivity index (χ1n) is 6.14. The van der Waals surface area contributed by atoms with Crippen LogP contribution in [0.25, 0.3) is 6.08 Å². The molecule has 2 aromatic rings. The molecule has 1 N–H and O–H groups in total. The number of carbonyl (C=O) groups is 1. The smallest absolute Gasteiger partial charge is 0.269 e. The Kier molecular flexibility index (Phi) is 5.00. The number of non-ortho nitro benzene ring substituents is 1. The average molecular weight is 365 g/mol. The molecule has 1 amide bonds. The van der Waals surface area contributed by atoms with E-state index in [2.05, 4.69) is 21.2 Å². The maximum atomic E-state index is 12.9. The van der Waals surface area contributed by atoms with Crippen molar-refractivity contribution in [2.24, 2.45) is 0 Å². The molecule has 0 saturated heterocycles. The lowest BCUT2D eigenvalue weighted by molar-refractivity contribution is -0.384. The van der Waals surface area contributed by atoms with Crippen molar-refractivity contribution in [3.63, 3.8) is 0 Å². The number of nitro groups is 1. The summed E-state index contributed by atoms with van der Waals surface area (Å²) in [6.45, 7) is 0. The van der Waals surface area contributed by atoms with Crippen LogP contribution in [-0.2, 0) is 4.79 Å². The quantitative estimate of drug-likeness (QED) is 0.503. The Morgan fingerprint density at radius 2 is 1.91 bits per heavy atom. The van der Waals surface area contributed by atoms with E-state index < -0.39 is 16.6 Å². The summed E-state index contributed by atoms with van der Waals surface area (Å²) < 4.78 is 13.4. The fraction of sp³-hybridized carbons (Fsp3) is 0. The molecule has 0 spiro atoms. The van der Waals surface area contributed by atoms with E-state index in [9.17, 15) is 19.3 Å². The van der Waals surface area contributed by atoms with Gasteiger partial charge in [-0.05, 0) is 57.9 Å². The normalized spacial score (nSPS) is 10.6. The minimum absolute atomic E-state index is 0.0168. The van der Waals surface area contributed by atoms with Crippen LogP contribution in [0.1, 0.15) is 5.56 Å². The fourth-order valence-electron chi connectivity index (χ4n) is 1.64. The zero-order valence-electron chi connectivity index (χ0n) is 11.1. The van der Waals surface area contributed by atoms with E-state index in [1.165, 1.54) is 54.6 Å². The van der Waals surface area contributed by atoms with E-state index in [1.807, 2.05) is 0 Å². The highest BCUT2D eigenvalue weighted by atomic mass is 79.9. The highest BCUT2D eigenvalue weighted by molar-refractivity contribution is 9.10. The van der Waals surface area contributed by atoms with Crippen molar-refractivity contribution >= 4 is 39.3 Å². The third kappa shape index (κ3) is 4.23. The Hall–Kier alpha value is -2.54. The van der Waals surface area contributed by atoms with Crippen molar-refractivity contribution in [2.75, 3.05) is 5.32 Å². The first kappa shape index (κ1) is 15.8. The molecule has 7 heteroatoms. The van der Waals surface area contributed by atoms with Crippen molar-refractivity contribution in [1.82, 2.24) is 0 Å². The summed E-state index contributed by atoms with van der Waals surface area (Å²) in [6, 6.07) is 9.71. The van der Waals surface area contributed by atoms with E-state index >= 15 is 0 Å². The van der Waals surface area contributed by atoms with Crippen LogP contribution in [0, 0.1) is 15.9 Å². The molecule has 0 saturated carbocycles. The second-order valence-electron chi connectivity index (χ2n) is 4.30. The number of benzene rings is 2. The lowest BCUT2D eigenvalue weighted by atomic mass is 10.2. The lowest BCUT2D eigenvalue weighted by Gasteiger charge is -2.04. The third-order valence-corrected chi connectivity index (χ3v) is 3.38. The maximum absolute atomic E-state index is 12.9. The number of nitro benzene ring substituents is 1. The van der Waals surface area contributed by atoms with Gasteiger partial charge in [0.1, 0.15) is 5.82 Å². The zero-order chi connectivity index (χ0) is 16.1. The van der Waals surface area contributed by atoms with Gasteiger partial charge in [0, 0.05) is 22.7 Å². The summed E-state index contributed by atoms with van der Waals surface area (Å²) in [6.07, 6.45) is 2.81. The Bertz CT molecular complexity index is 745. The van der Waals surface area contributed by atoms with Crippen molar-refractivity contribution in [3.8, 4) is 0 Å². The standard InChI is InChI=1S/C15H10BrFN2O3/c16-13-9-11(17)4-7-14(13)18-15(20)8-3-10-1-5-12(6-2-10)19(21)22/h1-9H,(H,18,20)/b8-3+. The van der Waals surface area contributed by atoms with E-state index in [-0.39, 0.29) is 5.69 Å². The minimum Gasteiger partial charge on any atom is -0.321 e. The topological polar surface area (TPSA) is 72.2 Å². The van der Waals surface area contributed by atoms with E-state index in [0.29, 0.717) is 15.7 Å². The second kappa shape index (κ2) is 6.95. The lowest BCUT2D eigenvalue weighted by Crippen LogP contribution is -2.08. The molecule has 0 heterocycles. The van der Waals surface area contributed by atoms with Gasteiger partial charge in [0.15, 0.2) is 0 Å². The number of anilines is 1. The van der Waals surface area contributed by atoms with Gasteiger partial charge in [-0.1, -0.05) is 0 Å². The molecule has 0 radical (unpaired) electrons. The van der Waals surface area contributed by atoms with Gasteiger partial charge < -0.3 is 5.32 Å². The van der Waals surface area contributed by atoms with Gasteiger partial charge in [0.25, 0.3) is 5.69 Å². The Morgan fingerprint density at radius 3 is 2.50 bits per heavy atom. The number of carbonyl (C=O) groups excluding carboxylic acids is 1. The van der Waals surface area contributed by atoms with Gasteiger partial charge >= 0.3 is 0 Å². The maximum Gasteiger partial charge on any atom is 0.269 e. The minimum atomic E-state index is -0.494. The van der Waals surface area contributed by atoms with E-state index in [4.69, 9.17) is 0 Å². The van der Waals surface area contributed by atoms with Crippen LogP contribution in [0.3, 0.4) is 0 Å². The number of rotatable bonds is 4. The van der Waals surface area contributed by atoms with Crippen LogP contribution in [-0.4, -0.2) is 10.8 Å². The number of amides is 1. The fourth-order valence-corrected chi connectivity index (χ4v) is 2.09. The third-order valence-electron chi connectivity index (χ3n) is 2.72. The number of nitrogens with zero attached hydrogens (tertiary/aromatic N) is 1. The summed E-state index contributed by atoms with van der Waals surface area (Å²) in [7, 11) is 0. The first-order valence-corrected chi connectivity index (χ1v) is 6.93. The zero-order valence-corrected chi connectivity index (χ0v) is 12.7. The highest BCUT2D eigenvalue weighted by Gasteiger charge is 2.05. The summed E-state index contributed by atoms with van der Waals surface area (Å²) in [4.78, 5) is 21.8. The monoisotopic (exact) mass is 364 g/mol. The van der Waals surface area contributed by atoms with Crippen LogP contribution >= 0.6 is 15.9 Å². The summed E-state index contributed by atoms with van der Waals surface area (Å²) in [5.74, 6) is -0.808. The first-order chi connectivity index (χ1) is 10.5. The Balaban J connectivity index is 2.03. The van der Waals surface area contributed by atoms with Crippen LogP contribution in [0.4, 0.5) is 15.8 Å². The SMILES string of the molecule is O=C(/C=C/c1ccc([N+](=O)[O-])cc1)Nc1ccc(F)cc1Br. The molecule has 22 heavy (non-hydrogen) atoms. The molecule has 0 fully saturated rings. The van der Waals surface area contributed by atoms with Crippen LogP contribution in [0.5, 0.6) is 0 Å². The Morgan fingerprint density at radius 1 is 1.23 bits per heavy atom. The van der Waals surface area contributed by atoms with Crippen LogP contribution in [0.15, 0.2) is 53.0 Å². The van der Waals surface area contributed by atoms with Gasteiger partial charge in [-0.2, -0.15) is 0 Å². The van der Waals surface area contributed by atoms with E-state index in [1.54, 1.807) is 0 Å². The molecule has 5 nitrogen and oxygen atoms in total. The molecular formula is C15H10BrFN2O3. The van der Waals surface area contributed by atoms with Crippen LogP contribution in [0.2, 0.25) is 0 Å². The predicted octanol–water partition coefficient (Wildman–Crippen LogP) is 4.15. The van der Waals surface area contributed by atoms with Gasteiger partial charge in [-0.25, -0.2) is 4.39 Å². The molecule has 0 bridgehead atoms. The molecule has 2 rings (SSSR count). The van der Waals surface area contributed by atoms with E-state index in [0.717, 1.165) is 0 Å². The molecule has 2 aromatic carbocycles. The largest absolute Gasteiger partial charge is 0.321 e. The molecule has 0 aliphatic carbocycles. The highest BCUT2D eigenvalue weighted by Crippen LogP contribution is 2.23. The van der Waals surface area contributed by atoms with Crippen molar-refractivity contribution < 1.29 is 14.1 Å². The summed E-state index contributed by atoms with van der Waals surface area (Å²) in [5, 5.41) is 13.1. The molecule has 0 atom stereocenters. The Labute approximate surface area is 133 Å². The molecule has 0 aliphatic heterocycles.